The molecule has 6 atom stereocenters. The predicted octanol–water partition coefficient (Wildman–Crippen LogP) is 2.41. The lowest BCUT2D eigenvalue weighted by Gasteiger charge is -2.42. The van der Waals surface area contributed by atoms with Gasteiger partial charge in [-0.05, 0) is 55.2 Å². The summed E-state index contributed by atoms with van der Waals surface area (Å²) in [5, 5.41) is 16.8. The molecule has 3 heterocycles. The van der Waals surface area contributed by atoms with Crippen LogP contribution in [-0.2, 0) is 4.79 Å². The van der Waals surface area contributed by atoms with Crippen LogP contribution in [0.3, 0.4) is 0 Å². The number of piperidine rings is 1. The molecule has 5 nitrogen and oxygen atoms in total. The van der Waals surface area contributed by atoms with Gasteiger partial charge in [-0.25, -0.2) is 0 Å². The third-order valence-corrected chi connectivity index (χ3v) is 6.39. The molecule has 0 amide bonds. The first kappa shape index (κ1) is 15.2. The van der Waals surface area contributed by atoms with E-state index in [1.165, 1.54) is 12.0 Å². The van der Waals surface area contributed by atoms with Crippen molar-refractivity contribution in [1.29, 1.82) is 0 Å². The van der Waals surface area contributed by atoms with E-state index in [1.807, 2.05) is 6.26 Å². The Morgan fingerprint density at radius 1 is 1.17 bits per heavy atom. The van der Waals surface area contributed by atoms with Crippen molar-refractivity contribution in [1.82, 2.24) is 10.6 Å². The average Bonchev–Trinajstić information content (AvgIpc) is 3.23. The molecule has 5 heteroatoms. The molecule has 1 saturated carbocycles. The highest BCUT2D eigenvalue weighted by Crippen LogP contribution is 2.44. The second-order valence-corrected chi connectivity index (χ2v) is 7.51. The molecule has 3 N–H and O–H groups in total. The standard InChI is InChI=1S/C18H26N2O3/c21-18(22)14-4-2-1-3-13(14)12-7-15-16(11-5-6-23-10-11)9-20-17(15)19-8-12/h5-6,10,12-17,19-20H,1-4,7-9H2,(H,21,22). The first-order valence-corrected chi connectivity index (χ1v) is 8.95. The molecule has 3 aliphatic rings. The van der Waals surface area contributed by atoms with Crippen molar-refractivity contribution in [2.45, 2.75) is 44.2 Å². The van der Waals surface area contributed by atoms with E-state index in [0.29, 0.717) is 29.8 Å². The van der Waals surface area contributed by atoms with Crippen molar-refractivity contribution >= 4 is 5.97 Å². The summed E-state index contributed by atoms with van der Waals surface area (Å²) < 4.78 is 5.27. The molecule has 3 fully saturated rings. The highest BCUT2D eigenvalue weighted by atomic mass is 16.4. The van der Waals surface area contributed by atoms with E-state index in [-0.39, 0.29) is 5.92 Å². The topological polar surface area (TPSA) is 74.5 Å². The third kappa shape index (κ3) is 2.81. The molecule has 6 unspecified atom stereocenters. The maximum absolute atomic E-state index is 11.6. The summed E-state index contributed by atoms with van der Waals surface area (Å²) in [5.41, 5.74) is 1.27. The fourth-order valence-electron chi connectivity index (χ4n) is 5.23. The highest BCUT2D eigenvalue weighted by molar-refractivity contribution is 5.70. The molecule has 1 aromatic heterocycles. The smallest absolute Gasteiger partial charge is 0.306 e. The van der Waals surface area contributed by atoms with Crippen LogP contribution in [0, 0.1) is 23.7 Å². The van der Waals surface area contributed by atoms with Crippen LogP contribution in [-0.4, -0.2) is 30.3 Å². The molecule has 0 bridgehead atoms. The van der Waals surface area contributed by atoms with E-state index in [9.17, 15) is 9.90 Å². The summed E-state index contributed by atoms with van der Waals surface area (Å²) in [5.74, 6) is 1.08. The monoisotopic (exact) mass is 318 g/mol. The molecular formula is C18H26N2O3. The SMILES string of the molecule is O=C(O)C1CCCCC1C1CNC2NCC(c3ccoc3)C2C1. The molecule has 1 aromatic rings. The van der Waals surface area contributed by atoms with Crippen molar-refractivity contribution in [2.75, 3.05) is 13.1 Å². The molecule has 4 rings (SSSR count). The van der Waals surface area contributed by atoms with Gasteiger partial charge in [-0.3, -0.25) is 4.79 Å². The summed E-state index contributed by atoms with van der Waals surface area (Å²) in [7, 11) is 0. The van der Waals surface area contributed by atoms with Gasteiger partial charge >= 0.3 is 5.97 Å². The number of carbonyl (C=O) groups is 1. The van der Waals surface area contributed by atoms with E-state index in [2.05, 4.69) is 16.7 Å². The van der Waals surface area contributed by atoms with Gasteiger partial charge in [-0.1, -0.05) is 12.8 Å². The van der Waals surface area contributed by atoms with Crippen LogP contribution in [0.2, 0.25) is 0 Å². The Morgan fingerprint density at radius 3 is 2.78 bits per heavy atom. The van der Waals surface area contributed by atoms with Crippen molar-refractivity contribution in [3.05, 3.63) is 24.2 Å². The summed E-state index contributed by atoms with van der Waals surface area (Å²) in [4.78, 5) is 11.6. The Hall–Kier alpha value is -1.33. The first-order chi connectivity index (χ1) is 11.2. The van der Waals surface area contributed by atoms with Crippen LogP contribution in [0.1, 0.15) is 43.6 Å². The second kappa shape index (κ2) is 6.29. The molecule has 0 spiro atoms. The lowest BCUT2D eigenvalue weighted by atomic mass is 9.67. The number of fused-ring (bicyclic) bond motifs is 1. The van der Waals surface area contributed by atoms with E-state index >= 15 is 0 Å². The number of furan rings is 1. The fourth-order valence-corrected chi connectivity index (χ4v) is 5.23. The molecular weight excluding hydrogens is 292 g/mol. The molecule has 2 aliphatic heterocycles. The van der Waals surface area contributed by atoms with E-state index < -0.39 is 5.97 Å². The summed E-state index contributed by atoms with van der Waals surface area (Å²) in [6.07, 6.45) is 9.27. The van der Waals surface area contributed by atoms with Crippen LogP contribution in [0.15, 0.2) is 23.0 Å². The Bertz CT molecular complexity index is 544. The van der Waals surface area contributed by atoms with Gasteiger partial charge in [0.25, 0.3) is 0 Å². The molecule has 2 saturated heterocycles. The number of carboxylic acids is 1. The largest absolute Gasteiger partial charge is 0.481 e. The molecule has 1 aliphatic carbocycles. The zero-order valence-electron chi connectivity index (χ0n) is 13.4. The van der Waals surface area contributed by atoms with Gasteiger partial charge in [0.05, 0.1) is 24.6 Å². The number of rotatable bonds is 3. The Labute approximate surface area is 136 Å². The molecule has 126 valence electrons. The van der Waals surface area contributed by atoms with Gasteiger partial charge in [0.15, 0.2) is 0 Å². The quantitative estimate of drug-likeness (QED) is 0.798. The minimum Gasteiger partial charge on any atom is -0.481 e. The van der Waals surface area contributed by atoms with E-state index in [0.717, 1.165) is 38.8 Å². The van der Waals surface area contributed by atoms with Crippen molar-refractivity contribution < 1.29 is 14.3 Å². The molecule has 0 aromatic carbocycles. The van der Waals surface area contributed by atoms with Crippen molar-refractivity contribution in [3.8, 4) is 0 Å². The Kier molecular flexibility index (Phi) is 4.16. The average molecular weight is 318 g/mol. The number of hydrogen-bond acceptors (Lipinski definition) is 4. The lowest BCUT2D eigenvalue weighted by molar-refractivity contribution is -0.146. The second-order valence-electron chi connectivity index (χ2n) is 7.51. The van der Waals surface area contributed by atoms with E-state index in [4.69, 9.17) is 4.42 Å². The summed E-state index contributed by atoms with van der Waals surface area (Å²) in [6.45, 7) is 1.92. The van der Waals surface area contributed by atoms with Crippen LogP contribution >= 0.6 is 0 Å². The van der Waals surface area contributed by atoms with Gasteiger partial charge < -0.3 is 20.2 Å². The van der Waals surface area contributed by atoms with Crippen molar-refractivity contribution in [2.24, 2.45) is 23.7 Å². The summed E-state index contributed by atoms with van der Waals surface area (Å²) in [6, 6.07) is 2.07. The zero-order valence-corrected chi connectivity index (χ0v) is 13.4. The van der Waals surface area contributed by atoms with Gasteiger partial charge in [0, 0.05) is 12.5 Å². The van der Waals surface area contributed by atoms with Crippen LogP contribution in [0.4, 0.5) is 0 Å². The lowest BCUT2D eigenvalue weighted by Crippen LogP contribution is -2.51. The van der Waals surface area contributed by atoms with E-state index in [1.54, 1.807) is 6.26 Å². The van der Waals surface area contributed by atoms with Crippen LogP contribution in [0.25, 0.3) is 0 Å². The number of aliphatic carboxylic acids is 1. The Balaban J connectivity index is 1.50. The highest BCUT2D eigenvalue weighted by Gasteiger charge is 2.45. The van der Waals surface area contributed by atoms with Crippen LogP contribution in [0.5, 0.6) is 0 Å². The summed E-state index contributed by atoms with van der Waals surface area (Å²) >= 11 is 0. The van der Waals surface area contributed by atoms with Gasteiger partial charge in [-0.2, -0.15) is 0 Å². The Morgan fingerprint density at radius 2 is 2.00 bits per heavy atom. The maximum Gasteiger partial charge on any atom is 0.306 e. The van der Waals surface area contributed by atoms with Gasteiger partial charge in [0.1, 0.15) is 0 Å². The van der Waals surface area contributed by atoms with Gasteiger partial charge in [0.2, 0.25) is 0 Å². The number of hydrogen-bond donors (Lipinski definition) is 3. The minimum absolute atomic E-state index is 0.145. The third-order valence-electron chi connectivity index (χ3n) is 6.39. The number of carboxylic acid groups (broad SMARTS) is 1. The first-order valence-electron chi connectivity index (χ1n) is 8.95. The zero-order chi connectivity index (χ0) is 15.8. The van der Waals surface area contributed by atoms with Crippen LogP contribution < -0.4 is 10.6 Å². The normalized spacial score (nSPS) is 40.7. The van der Waals surface area contributed by atoms with Crippen molar-refractivity contribution in [3.63, 3.8) is 0 Å². The number of nitrogens with one attached hydrogen (secondary N) is 2. The van der Waals surface area contributed by atoms with Gasteiger partial charge in [-0.15, -0.1) is 0 Å². The predicted molar refractivity (Wildman–Crippen MR) is 85.9 cm³/mol. The minimum atomic E-state index is -0.590. The fraction of sp³-hybridized carbons (Fsp3) is 0.722. The molecule has 23 heavy (non-hydrogen) atoms. The maximum atomic E-state index is 11.6. The molecule has 0 radical (unpaired) electrons.